The van der Waals surface area contributed by atoms with Crippen molar-refractivity contribution >= 4 is 39.0 Å². The van der Waals surface area contributed by atoms with E-state index in [0.29, 0.717) is 4.47 Å². The van der Waals surface area contributed by atoms with E-state index in [1.807, 2.05) is 0 Å². The first-order chi connectivity index (χ1) is 8.08. The van der Waals surface area contributed by atoms with E-state index in [4.69, 9.17) is 11.6 Å². The van der Waals surface area contributed by atoms with E-state index >= 15 is 0 Å². The van der Waals surface area contributed by atoms with E-state index in [1.54, 1.807) is 0 Å². The van der Waals surface area contributed by atoms with E-state index in [-0.39, 0.29) is 16.8 Å². The number of hydrogen-bond acceptors (Lipinski definition) is 3. The number of halogens is 4. The third-order valence-electron chi connectivity index (χ3n) is 1.92. The minimum atomic E-state index is -0.978. The molecule has 0 bridgehead atoms. The topological polar surface area (TPSA) is 37.8 Å². The second kappa shape index (κ2) is 4.93. The first-order valence-electron chi connectivity index (χ1n) is 4.47. The van der Waals surface area contributed by atoms with E-state index in [9.17, 15) is 8.78 Å². The first kappa shape index (κ1) is 12.2. The minimum Gasteiger partial charge on any atom is -0.337 e. The Morgan fingerprint density at radius 2 is 2.06 bits per heavy atom. The van der Waals surface area contributed by atoms with Crippen LogP contribution in [0.2, 0.25) is 5.28 Å². The zero-order valence-corrected chi connectivity index (χ0v) is 10.6. The molecule has 0 fully saturated rings. The summed E-state index contributed by atoms with van der Waals surface area (Å²) in [4.78, 5) is 7.57. The first-order valence-corrected chi connectivity index (χ1v) is 5.64. The molecule has 17 heavy (non-hydrogen) atoms. The highest BCUT2D eigenvalue weighted by Crippen LogP contribution is 2.26. The molecule has 0 aliphatic heterocycles. The molecular formula is C10H5BrClF2N3. The molecule has 0 radical (unpaired) electrons. The third-order valence-corrected chi connectivity index (χ3v) is 2.68. The predicted molar refractivity (Wildman–Crippen MR) is 64.4 cm³/mol. The molecule has 0 unspecified atom stereocenters. The van der Waals surface area contributed by atoms with Gasteiger partial charge in [-0.3, -0.25) is 0 Å². The Morgan fingerprint density at radius 1 is 1.29 bits per heavy atom. The highest BCUT2D eigenvalue weighted by atomic mass is 79.9. The van der Waals surface area contributed by atoms with Crippen LogP contribution in [0.15, 0.2) is 28.9 Å². The van der Waals surface area contributed by atoms with E-state index < -0.39 is 11.6 Å². The second-order valence-electron chi connectivity index (χ2n) is 3.06. The Kier molecular flexibility index (Phi) is 3.54. The van der Waals surface area contributed by atoms with Crippen molar-refractivity contribution in [3.05, 3.63) is 45.8 Å². The molecule has 1 N–H and O–H groups in total. The van der Waals surface area contributed by atoms with Crippen molar-refractivity contribution in [2.45, 2.75) is 0 Å². The van der Waals surface area contributed by atoms with Gasteiger partial charge in [-0.15, -0.1) is 0 Å². The summed E-state index contributed by atoms with van der Waals surface area (Å²) in [5.74, 6) is -1.66. The van der Waals surface area contributed by atoms with Crippen molar-refractivity contribution < 1.29 is 8.78 Å². The van der Waals surface area contributed by atoms with Crippen molar-refractivity contribution in [1.82, 2.24) is 9.97 Å². The van der Waals surface area contributed by atoms with Crippen molar-refractivity contribution in [3.63, 3.8) is 0 Å². The average Bonchev–Trinajstić information content (AvgIpc) is 2.30. The molecule has 0 amide bonds. The number of nitrogens with one attached hydrogen (secondary N) is 1. The zero-order valence-electron chi connectivity index (χ0n) is 8.22. The summed E-state index contributed by atoms with van der Waals surface area (Å²) < 4.78 is 26.9. The number of aromatic nitrogens is 2. The molecule has 1 heterocycles. The van der Waals surface area contributed by atoms with Crippen LogP contribution in [0.25, 0.3) is 0 Å². The van der Waals surface area contributed by atoms with Gasteiger partial charge in [0.2, 0.25) is 5.28 Å². The van der Waals surface area contributed by atoms with Crippen molar-refractivity contribution in [2.24, 2.45) is 0 Å². The molecule has 3 nitrogen and oxygen atoms in total. The molecule has 0 spiro atoms. The van der Waals surface area contributed by atoms with Gasteiger partial charge in [0.1, 0.15) is 5.82 Å². The fourth-order valence-electron chi connectivity index (χ4n) is 1.16. The summed E-state index contributed by atoms with van der Waals surface area (Å²) in [5.41, 5.74) is -0.0273. The van der Waals surface area contributed by atoms with Gasteiger partial charge in [0.05, 0.1) is 10.2 Å². The van der Waals surface area contributed by atoms with Crippen LogP contribution in [0.4, 0.5) is 20.3 Å². The van der Waals surface area contributed by atoms with Gasteiger partial charge in [-0.1, -0.05) is 6.07 Å². The van der Waals surface area contributed by atoms with Gasteiger partial charge in [-0.25, -0.2) is 13.8 Å². The SMILES string of the molecule is Fc1cccc(Nc2nc(Cl)ncc2Br)c1F. The largest absolute Gasteiger partial charge is 0.337 e. The smallest absolute Gasteiger partial charge is 0.224 e. The Bertz CT molecular complexity index is 565. The third kappa shape index (κ3) is 2.70. The lowest BCUT2D eigenvalue weighted by molar-refractivity contribution is 0.511. The quantitative estimate of drug-likeness (QED) is 0.852. The van der Waals surface area contributed by atoms with E-state index in [0.717, 1.165) is 6.07 Å². The van der Waals surface area contributed by atoms with Crippen LogP contribution in [-0.2, 0) is 0 Å². The van der Waals surface area contributed by atoms with Gasteiger partial charge in [0.15, 0.2) is 11.6 Å². The maximum Gasteiger partial charge on any atom is 0.224 e. The lowest BCUT2D eigenvalue weighted by atomic mass is 10.3. The molecule has 0 saturated carbocycles. The summed E-state index contributed by atoms with van der Waals surface area (Å²) in [6, 6.07) is 3.81. The van der Waals surface area contributed by atoms with E-state index in [2.05, 4.69) is 31.2 Å². The number of rotatable bonds is 2. The predicted octanol–water partition coefficient (Wildman–Crippen LogP) is 3.91. The normalized spacial score (nSPS) is 10.4. The molecule has 2 rings (SSSR count). The van der Waals surface area contributed by atoms with Crippen LogP contribution in [0.3, 0.4) is 0 Å². The maximum atomic E-state index is 13.4. The van der Waals surface area contributed by atoms with Crippen molar-refractivity contribution in [3.8, 4) is 0 Å². The van der Waals surface area contributed by atoms with Crippen LogP contribution < -0.4 is 5.32 Å². The van der Waals surface area contributed by atoms with Gasteiger partial charge in [0.25, 0.3) is 0 Å². The van der Waals surface area contributed by atoms with Crippen LogP contribution >= 0.6 is 27.5 Å². The highest BCUT2D eigenvalue weighted by molar-refractivity contribution is 9.10. The number of nitrogens with zero attached hydrogens (tertiary/aromatic N) is 2. The molecule has 0 atom stereocenters. The average molecular weight is 321 g/mol. The monoisotopic (exact) mass is 319 g/mol. The van der Waals surface area contributed by atoms with Gasteiger partial charge in [-0.05, 0) is 39.7 Å². The lowest BCUT2D eigenvalue weighted by Crippen LogP contribution is -1.99. The van der Waals surface area contributed by atoms with Crippen LogP contribution in [0.5, 0.6) is 0 Å². The summed E-state index contributed by atoms with van der Waals surface area (Å²) >= 11 is 8.77. The molecule has 0 aliphatic carbocycles. The standard InChI is InChI=1S/C10H5BrClF2N3/c11-5-4-15-10(12)17-9(5)16-7-3-1-2-6(13)8(7)14/h1-4H,(H,15,16,17). The van der Waals surface area contributed by atoms with Crippen LogP contribution in [0, 0.1) is 11.6 Å². The number of hydrogen-bond donors (Lipinski definition) is 1. The highest BCUT2D eigenvalue weighted by Gasteiger charge is 2.10. The Morgan fingerprint density at radius 3 is 2.82 bits per heavy atom. The molecule has 0 saturated heterocycles. The van der Waals surface area contributed by atoms with Gasteiger partial charge in [0, 0.05) is 6.20 Å². The van der Waals surface area contributed by atoms with E-state index in [1.165, 1.54) is 18.3 Å². The summed E-state index contributed by atoms with van der Waals surface area (Å²) in [6.45, 7) is 0. The van der Waals surface area contributed by atoms with Crippen LogP contribution in [0.1, 0.15) is 0 Å². The molecule has 1 aromatic carbocycles. The Hall–Kier alpha value is -1.27. The minimum absolute atomic E-state index is 0.00695. The number of benzene rings is 1. The molecule has 0 aliphatic rings. The van der Waals surface area contributed by atoms with Gasteiger partial charge < -0.3 is 5.32 Å². The Labute approximate surface area is 109 Å². The summed E-state index contributed by atoms with van der Waals surface area (Å²) in [6.07, 6.45) is 1.41. The van der Waals surface area contributed by atoms with Crippen molar-refractivity contribution in [1.29, 1.82) is 0 Å². The van der Waals surface area contributed by atoms with Crippen molar-refractivity contribution in [2.75, 3.05) is 5.32 Å². The fourth-order valence-corrected chi connectivity index (χ4v) is 1.58. The molecule has 2 aromatic rings. The van der Waals surface area contributed by atoms with Gasteiger partial charge >= 0.3 is 0 Å². The second-order valence-corrected chi connectivity index (χ2v) is 4.25. The lowest BCUT2D eigenvalue weighted by Gasteiger charge is -2.08. The fraction of sp³-hybridized carbons (Fsp3) is 0. The molecule has 88 valence electrons. The molecule has 7 heteroatoms. The Balaban J connectivity index is 2.38. The molecule has 1 aromatic heterocycles. The summed E-state index contributed by atoms with van der Waals surface area (Å²) in [7, 11) is 0. The van der Waals surface area contributed by atoms with Crippen LogP contribution in [-0.4, -0.2) is 9.97 Å². The molecular weight excluding hydrogens is 315 g/mol. The van der Waals surface area contributed by atoms with Gasteiger partial charge in [-0.2, -0.15) is 4.98 Å². The summed E-state index contributed by atoms with van der Waals surface area (Å²) in [5, 5.41) is 2.63. The maximum absolute atomic E-state index is 13.4. The zero-order chi connectivity index (χ0) is 12.4. The number of anilines is 2.